The van der Waals surface area contributed by atoms with Crippen molar-refractivity contribution < 1.29 is 4.79 Å². The second-order valence-corrected chi connectivity index (χ2v) is 8.85. The minimum atomic E-state index is -0.0187. The van der Waals surface area contributed by atoms with Gasteiger partial charge >= 0.3 is 0 Å². The molecule has 1 fully saturated rings. The summed E-state index contributed by atoms with van der Waals surface area (Å²) < 4.78 is 0. The fraction of sp³-hybridized carbons (Fsp3) is 0.391. The molecule has 3 rings (SSSR count). The van der Waals surface area contributed by atoms with E-state index in [-0.39, 0.29) is 5.91 Å². The van der Waals surface area contributed by atoms with Gasteiger partial charge in [0.2, 0.25) is 5.91 Å². The van der Waals surface area contributed by atoms with E-state index in [0.717, 1.165) is 42.5 Å². The zero-order valence-corrected chi connectivity index (χ0v) is 20.2. The zero-order chi connectivity index (χ0) is 23.8. The SMILES string of the molecule is CCN[C@H]1CCN(c2cc(N=C(N)C=C(C)N)nc(Sc3ccc(NC(=O)CC)cc3)n2)C1. The number of nitrogens with zero attached hydrogens (tertiary/aromatic N) is 4. The van der Waals surface area contributed by atoms with Crippen LogP contribution in [0.5, 0.6) is 0 Å². The van der Waals surface area contributed by atoms with Crippen LogP contribution in [0.25, 0.3) is 0 Å². The minimum Gasteiger partial charge on any atom is -0.402 e. The number of likely N-dealkylation sites (N-methyl/N-ethyl adjacent to an activating group) is 1. The molecule has 1 aliphatic heterocycles. The van der Waals surface area contributed by atoms with Crippen LogP contribution in [0.1, 0.15) is 33.6 Å². The van der Waals surface area contributed by atoms with Crippen LogP contribution < -0.4 is 27.0 Å². The normalized spacial score (nSPS) is 16.8. The van der Waals surface area contributed by atoms with Crippen molar-refractivity contribution in [3.8, 4) is 0 Å². The molecule has 0 saturated carbocycles. The predicted octanol–water partition coefficient (Wildman–Crippen LogP) is 3.02. The fourth-order valence-corrected chi connectivity index (χ4v) is 4.21. The molecule has 33 heavy (non-hydrogen) atoms. The third-order valence-corrected chi connectivity index (χ3v) is 5.84. The van der Waals surface area contributed by atoms with Crippen molar-refractivity contribution in [2.24, 2.45) is 16.5 Å². The number of hydrogen-bond acceptors (Lipinski definition) is 8. The van der Waals surface area contributed by atoms with Gasteiger partial charge in [0.25, 0.3) is 0 Å². The maximum atomic E-state index is 11.6. The number of rotatable bonds is 9. The first-order valence-corrected chi connectivity index (χ1v) is 11.9. The number of allylic oxidation sites excluding steroid dienone is 1. The summed E-state index contributed by atoms with van der Waals surface area (Å²) >= 11 is 1.43. The molecule has 1 atom stereocenters. The number of aliphatic imine (C=N–C) groups is 1. The molecule has 6 N–H and O–H groups in total. The summed E-state index contributed by atoms with van der Waals surface area (Å²) in [5.74, 6) is 1.57. The van der Waals surface area contributed by atoms with Crippen molar-refractivity contribution in [2.45, 2.75) is 49.7 Å². The highest BCUT2D eigenvalue weighted by Gasteiger charge is 2.23. The van der Waals surface area contributed by atoms with Crippen LogP contribution in [0.3, 0.4) is 0 Å². The number of amides is 1. The first-order valence-electron chi connectivity index (χ1n) is 11.1. The van der Waals surface area contributed by atoms with Crippen LogP contribution in [0.2, 0.25) is 0 Å². The number of anilines is 2. The molecule has 10 heteroatoms. The van der Waals surface area contributed by atoms with E-state index in [2.05, 4.69) is 32.4 Å². The van der Waals surface area contributed by atoms with Gasteiger partial charge in [-0.3, -0.25) is 4.79 Å². The Morgan fingerprint density at radius 1 is 1.27 bits per heavy atom. The quantitative estimate of drug-likeness (QED) is 0.251. The van der Waals surface area contributed by atoms with Gasteiger partial charge in [-0.15, -0.1) is 0 Å². The molecule has 176 valence electrons. The molecule has 0 radical (unpaired) electrons. The molecule has 1 aromatic carbocycles. The maximum absolute atomic E-state index is 11.6. The minimum absolute atomic E-state index is 0.0187. The van der Waals surface area contributed by atoms with E-state index in [1.165, 1.54) is 11.8 Å². The average Bonchev–Trinajstić information content (AvgIpc) is 3.23. The highest BCUT2D eigenvalue weighted by Crippen LogP contribution is 2.30. The van der Waals surface area contributed by atoms with E-state index in [4.69, 9.17) is 16.5 Å². The van der Waals surface area contributed by atoms with Crippen LogP contribution in [-0.4, -0.2) is 47.4 Å². The highest BCUT2D eigenvalue weighted by molar-refractivity contribution is 7.99. The molecule has 0 aliphatic carbocycles. The van der Waals surface area contributed by atoms with Gasteiger partial charge in [0, 0.05) is 47.9 Å². The molecule has 2 aromatic rings. The Kier molecular flexibility index (Phi) is 8.67. The van der Waals surface area contributed by atoms with Crippen LogP contribution in [0, 0.1) is 0 Å². The second-order valence-electron chi connectivity index (χ2n) is 7.81. The van der Waals surface area contributed by atoms with Gasteiger partial charge in [0.05, 0.1) is 0 Å². The second kappa shape index (κ2) is 11.7. The third kappa shape index (κ3) is 7.47. The summed E-state index contributed by atoms with van der Waals surface area (Å²) in [5.41, 5.74) is 13.1. The Bertz CT molecular complexity index is 1020. The molecular formula is C23H32N8OS. The van der Waals surface area contributed by atoms with Crippen LogP contribution >= 0.6 is 11.8 Å². The first kappa shape index (κ1) is 24.5. The molecule has 2 heterocycles. The number of aromatic nitrogens is 2. The molecule has 1 aromatic heterocycles. The van der Waals surface area contributed by atoms with Gasteiger partial charge in [-0.25, -0.2) is 15.0 Å². The van der Waals surface area contributed by atoms with Gasteiger partial charge in [0.15, 0.2) is 11.0 Å². The van der Waals surface area contributed by atoms with Crippen molar-refractivity contribution >= 4 is 40.8 Å². The smallest absolute Gasteiger partial charge is 0.224 e. The number of hydrogen-bond donors (Lipinski definition) is 4. The Hall–Kier alpha value is -3.11. The molecule has 1 aliphatic rings. The molecule has 0 bridgehead atoms. The van der Waals surface area contributed by atoms with E-state index in [9.17, 15) is 4.79 Å². The lowest BCUT2D eigenvalue weighted by Crippen LogP contribution is -2.32. The lowest BCUT2D eigenvalue weighted by molar-refractivity contribution is -0.115. The standard InChI is InChI=1S/C23H32N8OS/c1-4-22(32)27-16-6-8-18(9-7-16)33-23-29-20(28-19(25)12-15(3)24)13-21(30-23)31-11-10-17(14-31)26-5-2/h6-9,12-13,17,26H,4-5,10-11,14,24H2,1-3H3,(H,27,32)(H2,25,28,29,30)/t17-/m0/s1. The molecule has 1 amide bonds. The lowest BCUT2D eigenvalue weighted by atomic mass is 10.3. The Balaban J connectivity index is 1.86. The van der Waals surface area contributed by atoms with Gasteiger partial charge < -0.3 is 27.0 Å². The summed E-state index contributed by atoms with van der Waals surface area (Å²) in [6.45, 7) is 8.42. The van der Waals surface area contributed by atoms with Crippen molar-refractivity contribution in [1.29, 1.82) is 0 Å². The Morgan fingerprint density at radius 2 is 2.03 bits per heavy atom. The van der Waals surface area contributed by atoms with Crippen LogP contribution in [-0.2, 0) is 4.79 Å². The Morgan fingerprint density at radius 3 is 2.70 bits per heavy atom. The summed E-state index contributed by atoms with van der Waals surface area (Å²) in [4.78, 5) is 28.6. The number of carbonyl (C=O) groups is 1. The number of benzene rings is 1. The van der Waals surface area contributed by atoms with Gasteiger partial charge in [-0.05, 0) is 62.0 Å². The molecule has 0 unspecified atom stereocenters. The zero-order valence-electron chi connectivity index (χ0n) is 19.3. The summed E-state index contributed by atoms with van der Waals surface area (Å²) in [6, 6.07) is 9.89. The highest BCUT2D eigenvalue weighted by atomic mass is 32.2. The molecule has 9 nitrogen and oxygen atoms in total. The monoisotopic (exact) mass is 468 g/mol. The van der Waals surface area contributed by atoms with Gasteiger partial charge in [0.1, 0.15) is 11.7 Å². The number of amidine groups is 1. The average molecular weight is 469 g/mol. The maximum Gasteiger partial charge on any atom is 0.224 e. The fourth-order valence-electron chi connectivity index (χ4n) is 3.45. The summed E-state index contributed by atoms with van der Waals surface area (Å²) in [5, 5.41) is 6.92. The van der Waals surface area contributed by atoms with Gasteiger partial charge in [-0.2, -0.15) is 0 Å². The topological polar surface area (TPSA) is 135 Å². The van der Waals surface area contributed by atoms with Crippen LogP contribution in [0.15, 0.2) is 57.1 Å². The number of nitrogens with one attached hydrogen (secondary N) is 2. The van der Waals surface area contributed by atoms with Crippen LogP contribution in [0.4, 0.5) is 17.3 Å². The van der Waals surface area contributed by atoms with Gasteiger partial charge in [-0.1, -0.05) is 13.8 Å². The third-order valence-electron chi connectivity index (χ3n) is 4.97. The first-order chi connectivity index (χ1) is 15.9. The van der Waals surface area contributed by atoms with Crippen molar-refractivity contribution in [3.63, 3.8) is 0 Å². The van der Waals surface area contributed by atoms with Crippen molar-refractivity contribution in [1.82, 2.24) is 15.3 Å². The predicted molar refractivity (Wildman–Crippen MR) is 135 cm³/mol. The number of carbonyl (C=O) groups excluding carboxylic acids is 1. The lowest BCUT2D eigenvalue weighted by Gasteiger charge is -2.18. The van der Waals surface area contributed by atoms with Crippen molar-refractivity contribution in [2.75, 3.05) is 29.9 Å². The summed E-state index contributed by atoms with van der Waals surface area (Å²) in [7, 11) is 0. The number of nitrogens with two attached hydrogens (primary N) is 2. The van der Waals surface area contributed by atoms with E-state index in [1.54, 1.807) is 13.0 Å². The summed E-state index contributed by atoms with van der Waals surface area (Å²) in [6.07, 6.45) is 3.10. The Labute approximate surface area is 199 Å². The van der Waals surface area contributed by atoms with E-state index >= 15 is 0 Å². The molecular weight excluding hydrogens is 436 g/mol. The van der Waals surface area contributed by atoms with Crippen molar-refractivity contribution in [3.05, 3.63) is 42.1 Å². The van der Waals surface area contributed by atoms with E-state index in [1.807, 2.05) is 37.3 Å². The largest absolute Gasteiger partial charge is 0.402 e. The van der Waals surface area contributed by atoms with E-state index in [0.29, 0.717) is 35.0 Å². The molecule has 1 saturated heterocycles. The van der Waals surface area contributed by atoms with E-state index < -0.39 is 0 Å². The molecule has 0 spiro atoms.